The molecule has 2 aromatic rings. The molecule has 2 atom stereocenters. The first-order valence-corrected chi connectivity index (χ1v) is 11.0. The lowest BCUT2D eigenvalue weighted by atomic mass is 10.0. The van der Waals surface area contributed by atoms with E-state index >= 15 is 0 Å². The number of hydrogen-bond acceptors (Lipinski definition) is 7. The number of amides is 1. The summed E-state index contributed by atoms with van der Waals surface area (Å²) >= 11 is 0. The first kappa shape index (κ1) is 20.0. The number of nitrogens with zero attached hydrogens (tertiary/aromatic N) is 4. The minimum atomic E-state index is -0.245. The zero-order valence-electron chi connectivity index (χ0n) is 18.2. The number of carbonyl (C=O) groups is 1. The highest BCUT2D eigenvalue weighted by Crippen LogP contribution is 2.43. The van der Waals surface area contributed by atoms with Crippen LogP contribution in [0.4, 0.5) is 4.79 Å². The third kappa shape index (κ3) is 4.03. The number of aromatic nitrogens is 3. The van der Waals surface area contributed by atoms with Crippen LogP contribution in [0.3, 0.4) is 0 Å². The molecule has 0 N–H and O–H groups in total. The lowest BCUT2D eigenvalue weighted by Gasteiger charge is -2.38. The Bertz CT molecular complexity index is 979. The molecular weight excluding hydrogens is 396 g/mol. The van der Waals surface area contributed by atoms with Crippen molar-refractivity contribution >= 4 is 6.09 Å². The van der Waals surface area contributed by atoms with Gasteiger partial charge in [-0.2, -0.15) is 0 Å². The Morgan fingerprint density at radius 1 is 1.10 bits per heavy atom. The van der Waals surface area contributed by atoms with Gasteiger partial charge in [0.1, 0.15) is 18.0 Å². The van der Waals surface area contributed by atoms with Gasteiger partial charge in [-0.1, -0.05) is 0 Å². The van der Waals surface area contributed by atoms with Crippen molar-refractivity contribution in [3.63, 3.8) is 0 Å². The molecule has 2 aliphatic heterocycles. The van der Waals surface area contributed by atoms with E-state index in [4.69, 9.17) is 14.2 Å². The van der Waals surface area contributed by atoms with Crippen molar-refractivity contribution in [3.8, 4) is 17.5 Å². The third-order valence-corrected chi connectivity index (χ3v) is 6.62. The van der Waals surface area contributed by atoms with Gasteiger partial charge >= 0.3 is 6.09 Å². The van der Waals surface area contributed by atoms with Crippen LogP contribution in [0.2, 0.25) is 0 Å². The summed E-state index contributed by atoms with van der Waals surface area (Å²) in [6.07, 6.45) is 8.50. The van der Waals surface area contributed by atoms with Crippen LogP contribution in [0, 0.1) is 13.8 Å². The number of pyridine rings is 1. The van der Waals surface area contributed by atoms with Gasteiger partial charge < -0.3 is 19.1 Å². The lowest BCUT2D eigenvalue weighted by molar-refractivity contribution is 0.0114. The fraction of sp³-hybridized carbons (Fsp3) is 0.565. The standard InChI is InChI=1S/C23H28N4O4/c1-14-20(25-13-26-21(14)30-19-5-4-10-24-15(19)2)29-18-11-16-6-7-17(12-18)27(16)22(28)31-23(3)8-9-23/h4-5,10,13,16-18H,6-9,11-12H2,1-3H3/t16-,17-/m0/s1. The van der Waals surface area contributed by atoms with Crippen LogP contribution in [0.1, 0.15) is 56.7 Å². The van der Waals surface area contributed by atoms with Crippen LogP contribution < -0.4 is 9.47 Å². The maximum absolute atomic E-state index is 12.7. The third-order valence-electron chi connectivity index (χ3n) is 6.62. The van der Waals surface area contributed by atoms with Crippen molar-refractivity contribution < 1.29 is 19.0 Å². The van der Waals surface area contributed by atoms with Crippen molar-refractivity contribution in [2.75, 3.05) is 0 Å². The molecule has 3 fully saturated rings. The van der Waals surface area contributed by atoms with Gasteiger partial charge in [-0.05, 0) is 58.6 Å². The van der Waals surface area contributed by atoms with Crippen molar-refractivity contribution in [3.05, 3.63) is 35.9 Å². The van der Waals surface area contributed by atoms with E-state index in [1.54, 1.807) is 6.20 Å². The summed E-state index contributed by atoms with van der Waals surface area (Å²) in [4.78, 5) is 27.5. The van der Waals surface area contributed by atoms with E-state index in [0.717, 1.165) is 49.8 Å². The van der Waals surface area contributed by atoms with Crippen LogP contribution in [-0.2, 0) is 4.74 Å². The fourth-order valence-electron chi connectivity index (χ4n) is 4.54. The van der Waals surface area contributed by atoms with Gasteiger partial charge in [0.25, 0.3) is 0 Å². The molecule has 1 amide bonds. The van der Waals surface area contributed by atoms with Crippen molar-refractivity contribution in [2.45, 2.75) is 83.1 Å². The number of aryl methyl sites for hydroxylation is 1. The minimum Gasteiger partial charge on any atom is -0.474 e. The van der Waals surface area contributed by atoms with E-state index in [1.165, 1.54) is 6.33 Å². The zero-order chi connectivity index (χ0) is 21.6. The minimum absolute atomic E-state index is 0.000334. The van der Waals surface area contributed by atoms with Gasteiger partial charge in [0.15, 0.2) is 5.75 Å². The Kier molecular flexibility index (Phi) is 4.95. The predicted octanol–water partition coefficient (Wildman–Crippen LogP) is 4.34. The van der Waals surface area contributed by atoms with E-state index < -0.39 is 0 Å². The maximum atomic E-state index is 12.7. The summed E-state index contributed by atoms with van der Waals surface area (Å²) in [5, 5.41) is 0. The highest BCUT2D eigenvalue weighted by molar-refractivity contribution is 5.70. The SMILES string of the molecule is Cc1ncccc1Oc1ncnc(OC2C[C@@H]3CC[C@@H](C2)N3C(=O)OC2(C)CC2)c1C. The number of ether oxygens (including phenoxy) is 3. The number of rotatable bonds is 5. The monoisotopic (exact) mass is 424 g/mol. The van der Waals surface area contributed by atoms with E-state index in [-0.39, 0.29) is 29.9 Å². The van der Waals surface area contributed by atoms with Crippen LogP contribution in [-0.4, -0.2) is 49.7 Å². The molecule has 4 heterocycles. The van der Waals surface area contributed by atoms with Gasteiger partial charge in [-0.3, -0.25) is 4.98 Å². The summed E-state index contributed by atoms with van der Waals surface area (Å²) < 4.78 is 18.0. The molecule has 3 aliphatic rings. The van der Waals surface area contributed by atoms with Gasteiger partial charge in [0, 0.05) is 31.1 Å². The van der Waals surface area contributed by atoms with Crippen molar-refractivity contribution in [1.82, 2.24) is 19.9 Å². The second-order valence-corrected chi connectivity index (χ2v) is 9.12. The first-order chi connectivity index (χ1) is 14.9. The molecule has 1 aliphatic carbocycles. The van der Waals surface area contributed by atoms with Gasteiger partial charge in [-0.15, -0.1) is 0 Å². The van der Waals surface area contributed by atoms with E-state index in [9.17, 15) is 4.79 Å². The molecule has 0 radical (unpaired) electrons. The Labute approximate surface area is 182 Å². The number of piperidine rings is 1. The number of fused-ring (bicyclic) bond motifs is 2. The van der Waals surface area contributed by atoms with Gasteiger partial charge in [0.2, 0.25) is 11.8 Å². The number of hydrogen-bond donors (Lipinski definition) is 0. The average Bonchev–Trinajstić information content (AvgIpc) is 3.39. The summed E-state index contributed by atoms with van der Waals surface area (Å²) in [5.41, 5.74) is 1.30. The van der Waals surface area contributed by atoms with Gasteiger partial charge in [0.05, 0.1) is 11.3 Å². The van der Waals surface area contributed by atoms with Crippen LogP contribution in [0.25, 0.3) is 0 Å². The predicted molar refractivity (Wildman–Crippen MR) is 112 cm³/mol. The lowest BCUT2D eigenvalue weighted by Crippen LogP contribution is -2.50. The number of carbonyl (C=O) groups excluding carboxylic acids is 1. The normalized spacial score (nSPS) is 25.8. The first-order valence-electron chi connectivity index (χ1n) is 11.0. The Hall–Kier alpha value is -2.90. The summed E-state index contributed by atoms with van der Waals surface area (Å²) in [5.74, 6) is 1.64. The van der Waals surface area contributed by atoms with Crippen LogP contribution >= 0.6 is 0 Å². The van der Waals surface area contributed by atoms with E-state index in [0.29, 0.717) is 17.5 Å². The molecule has 2 saturated heterocycles. The highest BCUT2D eigenvalue weighted by Gasteiger charge is 2.49. The average molecular weight is 425 g/mol. The van der Waals surface area contributed by atoms with Crippen molar-refractivity contribution in [1.29, 1.82) is 0 Å². The Morgan fingerprint density at radius 3 is 2.48 bits per heavy atom. The second kappa shape index (κ2) is 7.66. The molecule has 31 heavy (non-hydrogen) atoms. The highest BCUT2D eigenvalue weighted by atomic mass is 16.6. The molecule has 2 bridgehead atoms. The Morgan fingerprint density at radius 2 is 1.81 bits per heavy atom. The Balaban J connectivity index is 1.26. The maximum Gasteiger partial charge on any atom is 0.410 e. The molecule has 8 nitrogen and oxygen atoms in total. The van der Waals surface area contributed by atoms with Crippen molar-refractivity contribution in [2.24, 2.45) is 0 Å². The van der Waals surface area contributed by atoms with Gasteiger partial charge in [-0.25, -0.2) is 14.8 Å². The largest absolute Gasteiger partial charge is 0.474 e. The molecular formula is C23H28N4O4. The molecule has 2 aromatic heterocycles. The molecule has 164 valence electrons. The quantitative estimate of drug-likeness (QED) is 0.705. The summed E-state index contributed by atoms with van der Waals surface area (Å²) in [7, 11) is 0. The molecule has 0 unspecified atom stereocenters. The molecule has 1 saturated carbocycles. The topological polar surface area (TPSA) is 86.7 Å². The molecule has 8 heteroatoms. The van der Waals surface area contributed by atoms with Crippen LogP contribution in [0.15, 0.2) is 24.7 Å². The zero-order valence-corrected chi connectivity index (χ0v) is 18.2. The smallest absolute Gasteiger partial charge is 0.410 e. The second-order valence-electron chi connectivity index (χ2n) is 9.12. The summed E-state index contributed by atoms with van der Waals surface area (Å²) in [6.45, 7) is 5.79. The summed E-state index contributed by atoms with van der Waals surface area (Å²) in [6, 6.07) is 4.01. The van der Waals surface area contributed by atoms with E-state index in [2.05, 4.69) is 15.0 Å². The molecule has 0 aromatic carbocycles. The van der Waals surface area contributed by atoms with E-state index in [1.807, 2.05) is 37.8 Å². The van der Waals surface area contributed by atoms with Crippen LogP contribution in [0.5, 0.6) is 17.5 Å². The fourth-order valence-corrected chi connectivity index (χ4v) is 4.54. The molecule has 5 rings (SSSR count). The molecule has 0 spiro atoms.